The maximum Gasteiger partial charge on any atom is 0.263 e. The van der Waals surface area contributed by atoms with E-state index in [1.165, 1.54) is 11.3 Å². The van der Waals surface area contributed by atoms with E-state index in [1.807, 2.05) is 37.3 Å². The Bertz CT molecular complexity index is 1120. The van der Waals surface area contributed by atoms with Gasteiger partial charge in [0.2, 0.25) is 0 Å². The third-order valence-corrected chi connectivity index (χ3v) is 5.78. The van der Waals surface area contributed by atoms with Gasteiger partial charge in [-0.1, -0.05) is 25.1 Å². The van der Waals surface area contributed by atoms with Crippen LogP contribution in [0.1, 0.15) is 30.4 Å². The van der Waals surface area contributed by atoms with Gasteiger partial charge >= 0.3 is 0 Å². The van der Waals surface area contributed by atoms with Crippen molar-refractivity contribution in [1.29, 1.82) is 0 Å². The van der Waals surface area contributed by atoms with E-state index in [0.717, 1.165) is 16.5 Å². The van der Waals surface area contributed by atoms with Crippen LogP contribution in [0.5, 0.6) is 0 Å². The second kappa shape index (κ2) is 7.52. The number of hydrogen-bond donors (Lipinski definition) is 1. The number of carbonyl (C=O) groups excluding carboxylic acids is 1. The molecule has 7 heteroatoms. The molecule has 0 spiro atoms. The lowest BCUT2D eigenvalue weighted by Gasteiger charge is -2.16. The highest BCUT2D eigenvalue weighted by atomic mass is 32.1. The number of carbonyl (C=O) groups is 1. The fraction of sp³-hybridized carbons (Fsp3) is 0.238. The molecule has 0 aliphatic rings. The summed E-state index contributed by atoms with van der Waals surface area (Å²) in [6.45, 7) is 6.14. The third-order valence-electron chi connectivity index (χ3n) is 4.78. The molecule has 0 aliphatic carbocycles. The molecule has 0 bridgehead atoms. The van der Waals surface area contributed by atoms with Gasteiger partial charge in [-0.15, -0.1) is 11.3 Å². The topological polar surface area (TPSA) is 80.9 Å². The van der Waals surface area contributed by atoms with Crippen molar-refractivity contribution in [2.75, 3.05) is 0 Å². The fourth-order valence-corrected chi connectivity index (χ4v) is 3.56. The molecule has 1 atom stereocenters. The van der Waals surface area contributed by atoms with Crippen molar-refractivity contribution in [1.82, 2.24) is 20.4 Å². The maximum absolute atomic E-state index is 12.4. The maximum atomic E-state index is 12.4. The quantitative estimate of drug-likeness (QED) is 0.528. The zero-order valence-corrected chi connectivity index (χ0v) is 16.7. The van der Waals surface area contributed by atoms with Gasteiger partial charge in [0.1, 0.15) is 15.6 Å². The van der Waals surface area contributed by atoms with Gasteiger partial charge in [0.15, 0.2) is 5.58 Å². The minimum absolute atomic E-state index is 0.0949. The lowest BCUT2D eigenvalue weighted by Crippen LogP contribution is -2.35. The molecule has 0 radical (unpaired) electrons. The Kier molecular flexibility index (Phi) is 4.92. The molecule has 6 nitrogen and oxygen atoms in total. The molecule has 0 unspecified atom stereocenters. The highest BCUT2D eigenvalue weighted by molar-refractivity contribution is 7.17. The van der Waals surface area contributed by atoms with Crippen molar-refractivity contribution in [2.24, 2.45) is 5.92 Å². The number of fused-ring (bicyclic) bond motifs is 1. The Hall–Kier alpha value is -3.06. The van der Waals surface area contributed by atoms with Gasteiger partial charge in [0, 0.05) is 18.4 Å². The van der Waals surface area contributed by atoms with E-state index in [2.05, 4.69) is 34.3 Å². The molecule has 3 heterocycles. The standard InChI is InChI=1S/C21H20N4O2S/c1-12(2)13(3)24-20(26)18-11-23-21(28-18)19-16-5-4-15(10-17(16)27-25-19)14-6-8-22-9-7-14/h4-13H,1-3H3,(H,24,26)/t13-/m1/s1. The first-order valence-corrected chi connectivity index (χ1v) is 9.91. The highest BCUT2D eigenvalue weighted by Crippen LogP contribution is 2.33. The van der Waals surface area contributed by atoms with Crippen LogP contribution in [0.3, 0.4) is 0 Å². The smallest absolute Gasteiger partial charge is 0.263 e. The zero-order chi connectivity index (χ0) is 19.7. The second-order valence-electron chi connectivity index (χ2n) is 7.01. The molecule has 0 fully saturated rings. The number of amides is 1. The molecule has 1 N–H and O–H groups in total. The van der Waals surface area contributed by atoms with Gasteiger partial charge in [-0.05, 0) is 48.2 Å². The number of nitrogens with one attached hydrogen (secondary N) is 1. The first kappa shape index (κ1) is 18.3. The summed E-state index contributed by atoms with van der Waals surface area (Å²) in [5.41, 5.74) is 3.41. The van der Waals surface area contributed by atoms with Gasteiger partial charge in [0.25, 0.3) is 5.91 Å². The monoisotopic (exact) mass is 392 g/mol. The van der Waals surface area contributed by atoms with Crippen molar-refractivity contribution in [3.8, 4) is 21.8 Å². The molecule has 142 valence electrons. The number of pyridine rings is 1. The molecule has 0 saturated heterocycles. The number of hydrogen-bond acceptors (Lipinski definition) is 6. The Morgan fingerprint density at radius 3 is 2.64 bits per heavy atom. The normalized spacial score (nSPS) is 12.4. The van der Waals surface area contributed by atoms with Crippen molar-refractivity contribution >= 4 is 28.2 Å². The molecule has 0 aliphatic heterocycles. The van der Waals surface area contributed by atoms with E-state index in [-0.39, 0.29) is 11.9 Å². The second-order valence-corrected chi connectivity index (χ2v) is 8.04. The Morgan fingerprint density at radius 2 is 1.89 bits per heavy atom. The minimum Gasteiger partial charge on any atom is -0.356 e. The van der Waals surface area contributed by atoms with Crippen LogP contribution < -0.4 is 5.32 Å². The summed E-state index contributed by atoms with van der Waals surface area (Å²) in [6, 6.07) is 9.93. The van der Waals surface area contributed by atoms with Gasteiger partial charge < -0.3 is 9.84 Å². The van der Waals surface area contributed by atoms with Crippen LogP contribution in [0.2, 0.25) is 0 Å². The number of rotatable bonds is 5. The van der Waals surface area contributed by atoms with Gasteiger partial charge in [-0.25, -0.2) is 4.98 Å². The molecular weight excluding hydrogens is 372 g/mol. The number of aromatic nitrogens is 3. The summed E-state index contributed by atoms with van der Waals surface area (Å²) in [5.74, 6) is 0.253. The predicted octanol–water partition coefficient (Wildman–Crippen LogP) is 4.79. The van der Waals surface area contributed by atoms with Crippen molar-refractivity contribution in [2.45, 2.75) is 26.8 Å². The highest BCUT2D eigenvalue weighted by Gasteiger charge is 2.19. The van der Waals surface area contributed by atoms with Crippen molar-refractivity contribution in [3.63, 3.8) is 0 Å². The summed E-state index contributed by atoms with van der Waals surface area (Å²) in [6.07, 6.45) is 5.11. The van der Waals surface area contributed by atoms with Crippen LogP contribution in [-0.4, -0.2) is 27.1 Å². The van der Waals surface area contributed by atoms with Gasteiger partial charge in [0.05, 0.1) is 11.6 Å². The predicted molar refractivity (Wildman–Crippen MR) is 110 cm³/mol. The molecule has 0 saturated carbocycles. The SMILES string of the molecule is CC(C)[C@@H](C)NC(=O)c1cnc(-c2noc3cc(-c4ccncc4)ccc23)s1. The fourth-order valence-electron chi connectivity index (χ4n) is 2.75. The van der Waals surface area contributed by atoms with E-state index in [0.29, 0.717) is 27.1 Å². The van der Waals surface area contributed by atoms with Crippen molar-refractivity contribution < 1.29 is 9.32 Å². The van der Waals surface area contributed by atoms with E-state index in [9.17, 15) is 4.79 Å². The summed E-state index contributed by atoms with van der Waals surface area (Å²) < 4.78 is 5.53. The first-order valence-electron chi connectivity index (χ1n) is 9.10. The van der Waals surface area contributed by atoms with E-state index in [1.54, 1.807) is 18.6 Å². The number of thiazole rings is 1. The molecule has 4 rings (SSSR count). The summed E-state index contributed by atoms with van der Waals surface area (Å²) >= 11 is 1.31. The zero-order valence-electron chi connectivity index (χ0n) is 15.8. The minimum atomic E-state index is -0.113. The Balaban J connectivity index is 1.62. The molecule has 1 amide bonds. The van der Waals surface area contributed by atoms with E-state index >= 15 is 0 Å². The Labute approximate surface area is 166 Å². The van der Waals surface area contributed by atoms with Crippen LogP contribution in [0.25, 0.3) is 32.8 Å². The lowest BCUT2D eigenvalue weighted by molar-refractivity contribution is 0.0934. The summed E-state index contributed by atoms with van der Waals surface area (Å²) in [4.78, 5) is 21.4. The first-order chi connectivity index (χ1) is 13.5. The lowest BCUT2D eigenvalue weighted by atomic mass is 10.1. The largest absolute Gasteiger partial charge is 0.356 e. The molecule has 1 aromatic carbocycles. The Morgan fingerprint density at radius 1 is 1.11 bits per heavy atom. The molecule has 3 aromatic heterocycles. The molecule has 28 heavy (non-hydrogen) atoms. The van der Waals surface area contributed by atoms with Crippen LogP contribution in [0.4, 0.5) is 0 Å². The summed E-state index contributed by atoms with van der Waals surface area (Å²) in [7, 11) is 0. The van der Waals surface area contributed by atoms with Crippen LogP contribution in [0.15, 0.2) is 53.4 Å². The number of nitrogens with zero attached hydrogens (tertiary/aromatic N) is 3. The van der Waals surface area contributed by atoms with E-state index < -0.39 is 0 Å². The third kappa shape index (κ3) is 3.53. The van der Waals surface area contributed by atoms with E-state index in [4.69, 9.17) is 4.52 Å². The van der Waals surface area contributed by atoms with Gasteiger partial charge in [-0.3, -0.25) is 9.78 Å². The molecular formula is C21H20N4O2S. The van der Waals surface area contributed by atoms with Crippen LogP contribution >= 0.6 is 11.3 Å². The van der Waals surface area contributed by atoms with Crippen molar-refractivity contribution in [3.05, 3.63) is 53.8 Å². The van der Waals surface area contributed by atoms with Gasteiger partial charge in [-0.2, -0.15) is 0 Å². The summed E-state index contributed by atoms with van der Waals surface area (Å²) in [5, 5.41) is 8.73. The molecule has 4 aromatic rings. The van der Waals surface area contributed by atoms with Crippen LogP contribution in [0, 0.1) is 5.92 Å². The average molecular weight is 392 g/mol. The average Bonchev–Trinajstić information content (AvgIpc) is 3.35. The number of benzene rings is 1. The van der Waals surface area contributed by atoms with Crippen LogP contribution in [-0.2, 0) is 0 Å².